The van der Waals surface area contributed by atoms with Crippen LogP contribution in [0.25, 0.3) is 16.6 Å². The number of rotatable bonds is 6. The summed E-state index contributed by atoms with van der Waals surface area (Å²) in [6.45, 7) is 1.90. The van der Waals surface area contributed by atoms with Crippen LogP contribution < -0.4 is 5.56 Å². The number of hydrogen-bond donors (Lipinski definition) is 1. The molecule has 1 saturated carbocycles. The second-order valence-corrected chi connectivity index (χ2v) is 11.2. The Morgan fingerprint density at radius 1 is 1.23 bits per heavy atom. The van der Waals surface area contributed by atoms with Gasteiger partial charge in [-0.05, 0) is 61.9 Å². The molecule has 4 heterocycles. The Hall–Kier alpha value is -3.91. The largest absolute Gasteiger partial charge is 0.418 e. The van der Waals surface area contributed by atoms with Crippen LogP contribution in [0.15, 0.2) is 47.7 Å². The van der Waals surface area contributed by atoms with Crippen LogP contribution in [0.3, 0.4) is 0 Å². The van der Waals surface area contributed by atoms with Crippen molar-refractivity contribution in [2.24, 2.45) is 13.0 Å². The van der Waals surface area contributed by atoms with Crippen LogP contribution in [-0.4, -0.2) is 42.3 Å². The third-order valence-electron chi connectivity index (χ3n) is 8.56. The fourth-order valence-corrected chi connectivity index (χ4v) is 6.45. The first-order valence-corrected chi connectivity index (χ1v) is 13.6. The molecular formula is C29H30F3N7O. The number of H-pyrrole nitrogens is 1. The maximum atomic E-state index is 14.3. The monoisotopic (exact) mass is 549 g/mol. The van der Waals surface area contributed by atoms with Crippen molar-refractivity contribution in [3.8, 4) is 11.8 Å². The van der Waals surface area contributed by atoms with E-state index >= 15 is 0 Å². The molecule has 1 aliphatic heterocycles. The molecule has 1 aromatic carbocycles. The summed E-state index contributed by atoms with van der Waals surface area (Å²) in [5.41, 5.74) is -0.0209. The van der Waals surface area contributed by atoms with Gasteiger partial charge in [-0.2, -0.15) is 18.4 Å². The van der Waals surface area contributed by atoms with E-state index < -0.39 is 17.3 Å². The number of aromatic amines is 1. The summed E-state index contributed by atoms with van der Waals surface area (Å²) in [5, 5.41) is 17.3. The zero-order chi connectivity index (χ0) is 28.1. The highest BCUT2D eigenvalue weighted by Gasteiger charge is 2.44. The van der Waals surface area contributed by atoms with Crippen molar-refractivity contribution < 1.29 is 13.2 Å². The van der Waals surface area contributed by atoms with Gasteiger partial charge < -0.3 is 9.55 Å². The minimum absolute atomic E-state index is 0.0625. The molecule has 0 radical (unpaired) electrons. The predicted molar refractivity (Wildman–Crippen MR) is 143 cm³/mol. The number of aryl methyl sites for hydroxylation is 1. The van der Waals surface area contributed by atoms with E-state index in [0.29, 0.717) is 30.9 Å². The fourth-order valence-electron chi connectivity index (χ4n) is 6.45. The standard InChI is InChI=1S/C29H30F3N7O/c1-37-18-34-36-27(37)28(9-4-10-28)20-6-2-7-22(13-20)39-17-24(29(30,31)32)23-14-21(35-25(23)26(39)40)16-38-12-3-5-19(15-38)8-11-33/h2,6-7,13-14,17-19,35H,3-5,8-10,12,15-16H2,1H3/t19-/m0/s1. The lowest BCUT2D eigenvalue weighted by molar-refractivity contribution is -0.136. The summed E-state index contributed by atoms with van der Waals surface area (Å²) < 4.78 is 45.9. The van der Waals surface area contributed by atoms with Gasteiger partial charge in [0, 0.05) is 49.5 Å². The van der Waals surface area contributed by atoms with Crippen molar-refractivity contribution in [1.82, 2.24) is 29.2 Å². The minimum atomic E-state index is -4.65. The Morgan fingerprint density at radius 2 is 2.05 bits per heavy atom. The van der Waals surface area contributed by atoms with Crippen LogP contribution in [0.5, 0.6) is 0 Å². The molecule has 1 saturated heterocycles. The fraction of sp³-hybridized carbons (Fsp3) is 0.448. The van der Waals surface area contributed by atoms with Crippen LogP contribution in [-0.2, 0) is 25.2 Å². The van der Waals surface area contributed by atoms with Gasteiger partial charge in [-0.3, -0.25) is 14.3 Å². The summed E-state index contributed by atoms with van der Waals surface area (Å²) in [6, 6.07) is 10.8. The summed E-state index contributed by atoms with van der Waals surface area (Å²) in [4.78, 5) is 18.8. The van der Waals surface area contributed by atoms with Crippen molar-refractivity contribution in [2.45, 2.75) is 56.7 Å². The smallest absolute Gasteiger partial charge is 0.353 e. The quantitative estimate of drug-likeness (QED) is 0.363. The highest BCUT2D eigenvalue weighted by atomic mass is 19.4. The first kappa shape index (κ1) is 26.3. The number of likely N-dealkylation sites (tertiary alicyclic amines) is 1. The zero-order valence-corrected chi connectivity index (χ0v) is 22.2. The van der Waals surface area contributed by atoms with Gasteiger partial charge in [0.1, 0.15) is 17.7 Å². The van der Waals surface area contributed by atoms with Crippen molar-refractivity contribution in [3.63, 3.8) is 0 Å². The van der Waals surface area contributed by atoms with Crippen LogP contribution in [0.4, 0.5) is 13.2 Å². The summed E-state index contributed by atoms with van der Waals surface area (Å²) in [7, 11) is 1.88. The molecule has 2 fully saturated rings. The normalized spacial score (nSPS) is 19.4. The second-order valence-electron chi connectivity index (χ2n) is 11.2. The van der Waals surface area contributed by atoms with Gasteiger partial charge in [0.05, 0.1) is 17.0 Å². The van der Waals surface area contributed by atoms with Gasteiger partial charge in [0.25, 0.3) is 5.56 Å². The number of hydrogen-bond acceptors (Lipinski definition) is 5. The molecule has 6 rings (SSSR count). The number of nitrogens with zero attached hydrogens (tertiary/aromatic N) is 6. The van der Waals surface area contributed by atoms with E-state index in [1.807, 2.05) is 17.7 Å². The average molecular weight is 550 g/mol. The van der Waals surface area contributed by atoms with E-state index in [1.54, 1.807) is 24.5 Å². The Kier molecular flexibility index (Phi) is 6.53. The molecule has 3 aromatic heterocycles. The van der Waals surface area contributed by atoms with Gasteiger partial charge in [-0.1, -0.05) is 18.6 Å². The predicted octanol–water partition coefficient (Wildman–Crippen LogP) is 5.06. The number of halogens is 3. The first-order valence-electron chi connectivity index (χ1n) is 13.6. The molecule has 0 bridgehead atoms. The number of benzene rings is 1. The molecule has 0 spiro atoms. The molecule has 8 nitrogen and oxygen atoms in total. The molecule has 11 heteroatoms. The van der Waals surface area contributed by atoms with Crippen LogP contribution in [0.1, 0.15) is 61.2 Å². The molecule has 2 aliphatic rings. The second kappa shape index (κ2) is 9.93. The van der Waals surface area contributed by atoms with E-state index in [2.05, 4.69) is 26.2 Å². The molecule has 0 amide bonds. The minimum Gasteiger partial charge on any atom is -0.353 e. The number of nitrogens with one attached hydrogen (secondary N) is 1. The van der Waals surface area contributed by atoms with E-state index in [4.69, 9.17) is 5.26 Å². The number of aromatic nitrogens is 5. The Labute approximate surface area is 229 Å². The van der Waals surface area contributed by atoms with Crippen molar-refractivity contribution >= 4 is 10.9 Å². The topological polar surface area (TPSA) is 95.5 Å². The lowest BCUT2D eigenvalue weighted by Crippen LogP contribution is -2.38. The van der Waals surface area contributed by atoms with E-state index in [1.165, 1.54) is 6.07 Å². The summed E-state index contributed by atoms with van der Waals surface area (Å²) >= 11 is 0. The molecular weight excluding hydrogens is 519 g/mol. The van der Waals surface area contributed by atoms with Gasteiger partial charge in [-0.25, -0.2) is 0 Å². The van der Waals surface area contributed by atoms with E-state index in [-0.39, 0.29) is 22.2 Å². The molecule has 208 valence electrons. The number of fused-ring (bicyclic) bond motifs is 1. The van der Waals surface area contributed by atoms with E-state index in [9.17, 15) is 18.0 Å². The summed E-state index contributed by atoms with van der Waals surface area (Å²) in [6.07, 6.45) is 2.96. The Morgan fingerprint density at radius 3 is 2.73 bits per heavy atom. The third kappa shape index (κ3) is 4.50. The Balaban J connectivity index is 1.41. The molecule has 1 atom stereocenters. The highest BCUT2D eigenvalue weighted by molar-refractivity contribution is 5.84. The van der Waals surface area contributed by atoms with Crippen molar-refractivity contribution in [2.75, 3.05) is 13.1 Å². The molecule has 1 N–H and O–H groups in total. The highest BCUT2D eigenvalue weighted by Crippen LogP contribution is 2.48. The molecule has 4 aromatic rings. The van der Waals surface area contributed by atoms with Crippen molar-refractivity contribution in [3.05, 3.63) is 75.9 Å². The lowest BCUT2D eigenvalue weighted by atomic mass is 9.63. The number of pyridine rings is 1. The zero-order valence-electron chi connectivity index (χ0n) is 22.2. The van der Waals surface area contributed by atoms with Crippen LogP contribution in [0.2, 0.25) is 0 Å². The number of nitriles is 1. The van der Waals surface area contributed by atoms with E-state index in [0.717, 1.165) is 60.8 Å². The Bertz CT molecular complexity index is 1650. The van der Waals surface area contributed by atoms with Gasteiger partial charge in [0.15, 0.2) is 0 Å². The SMILES string of the molecule is Cn1cnnc1C1(c2cccc(-n3cc(C(F)(F)F)c4cc(CN5CCC[C@@H](CC#N)C5)[nH]c4c3=O)c2)CCC1. The molecule has 1 aliphatic carbocycles. The molecule has 40 heavy (non-hydrogen) atoms. The average Bonchev–Trinajstić information content (AvgIpc) is 3.50. The van der Waals surface area contributed by atoms with Gasteiger partial charge in [0.2, 0.25) is 0 Å². The third-order valence-corrected chi connectivity index (χ3v) is 8.56. The summed E-state index contributed by atoms with van der Waals surface area (Å²) in [5.74, 6) is 1.05. The maximum Gasteiger partial charge on any atom is 0.418 e. The lowest BCUT2D eigenvalue weighted by Gasteiger charge is -2.41. The number of piperidine rings is 1. The number of alkyl halides is 3. The van der Waals surface area contributed by atoms with Crippen LogP contribution >= 0.6 is 0 Å². The maximum absolute atomic E-state index is 14.3. The van der Waals surface area contributed by atoms with Gasteiger partial charge in [-0.15, -0.1) is 10.2 Å². The van der Waals surface area contributed by atoms with Crippen LogP contribution in [0, 0.1) is 17.2 Å². The molecule has 0 unspecified atom stereocenters. The first-order chi connectivity index (χ1) is 19.2. The van der Waals surface area contributed by atoms with Gasteiger partial charge >= 0.3 is 6.18 Å². The van der Waals surface area contributed by atoms with Crippen molar-refractivity contribution in [1.29, 1.82) is 5.26 Å².